The van der Waals surface area contributed by atoms with Crippen LogP contribution in [0, 0.1) is 0 Å². The Kier molecular flexibility index (Phi) is 4.43. The number of likely N-dealkylation sites (tertiary alicyclic amines) is 1. The van der Waals surface area contributed by atoms with Crippen LogP contribution >= 0.6 is 0 Å². The molecule has 0 saturated carbocycles. The van der Waals surface area contributed by atoms with E-state index in [0.717, 1.165) is 18.4 Å². The predicted molar refractivity (Wildman–Crippen MR) is 91.8 cm³/mol. The van der Waals surface area contributed by atoms with Crippen molar-refractivity contribution >= 4 is 16.1 Å². The SMILES string of the molecule is O=C(N1CCCC(N2CCCS2(=O)=O)CC1)N1OC1c1ccccc1. The quantitative estimate of drug-likeness (QED) is 0.751. The fraction of sp³-hybridized carbons (Fsp3) is 0.588. The normalized spacial score (nSPS) is 29.4. The van der Waals surface area contributed by atoms with Crippen LogP contribution in [0.4, 0.5) is 4.79 Å². The zero-order valence-corrected chi connectivity index (χ0v) is 14.9. The molecule has 2 amide bonds. The molecule has 8 heteroatoms. The minimum Gasteiger partial charge on any atom is -0.323 e. The van der Waals surface area contributed by atoms with Gasteiger partial charge in [0.1, 0.15) is 0 Å². The Morgan fingerprint density at radius 2 is 1.84 bits per heavy atom. The Hall–Kier alpha value is -1.64. The van der Waals surface area contributed by atoms with Crippen molar-refractivity contribution in [1.82, 2.24) is 14.3 Å². The smallest absolute Gasteiger partial charge is 0.323 e. The van der Waals surface area contributed by atoms with Crippen molar-refractivity contribution in [2.45, 2.75) is 38.0 Å². The van der Waals surface area contributed by atoms with Crippen LogP contribution in [0.5, 0.6) is 0 Å². The first-order chi connectivity index (χ1) is 12.1. The molecule has 3 fully saturated rings. The third-order valence-corrected chi connectivity index (χ3v) is 7.17. The molecule has 3 heterocycles. The lowest BCUT2D eigenvalue weighted by Crippen LogP contribution is -2.39. The highest BCUT2D eigenvalue weighted by Gasteiger charge is 2.45. The molecule has 0 N–H and O–H groups in total. The van der Waals surface area contributed by atoms with E-state index in [2.05, 4.69) is 0 Å². The Balaban J connectivity index is 1.36. The van der Waals surface area contributed by atoms with E-state index >= 15 is 0 Å². The van der Waals surface area contributed by atoms with Gasteiger partial charge in [0.05, 0.1) is 5.75 Å². The van der Waals surface area contributed by atoms with Gasteiger partial charge in [0.2, 0.25) is 16.3 Å². The molecule has 2 atom stereocenters. The van der Waals surface area contributed by atoms with Gasteiger partial charge >= 0.3 is 6.03 Å². The molecule has 0 radical (unpaired) electrons. The molecule has 25 heavy (non-hydrogen) atoms. The summed E-state index contributed by atoms with van der Waals surface area (Å²) in [5.74, 6) is 0.256. The number of rotatable bonds is 2. The van der Waals surface area contributed by atoms with E-state index < -0.39 is 10.0 Å². The lowest BCUT2D eigenvalue weighted by molar-refractivity contribution is 0.138. The Labute approximate surface area is 148 Å². The Morgan fingerprint density at radius 1 is 1.04 bits per heavy atom. The molecular formula is C17H23N3O4S. The summed E-state index contributed by atoms with van der Waals surface area (Å²) in [4.78, 5) is 19.9. The van der Waals surface area contributed by atoms with Crippen LogP contribution in [0.2, 0.25) is 0 Å². The highest BCUT2D eigenvalue weighted by atomic mass is 32.2. The average Bonchev–Trinajstić information content (AvgIpc) is 3.37. The Morgan fingerprint density at radius 3 is 2.56 bits per heavy atom. The first-order valence-corrected chi connectivity index (χ1v) is 10.5. The summed E-state index contributed by atoms with van der Waals surface area (Å²) >= 11 is 0. The van der Waals surface area contributed by atoms with Gasteiger partial charge < -0.3 is 4.90 Å². The molecule has 1 aromatic carbocycles. The minimum atomic E-state index is -3.09. The molecule has 0 aromatic heterocycles. The van der Waals surface area contributed by atoms with Crippen LogP contribution in [0.1, 0.15) is 37.5 Å². The maximum atomic E-state index is 12.6. The lowest BCUT2D eigenvalue weighted by Gasteiger charge is -2.25. The molecule has 3 saturated heterocycles. The Bertz CT molecular complexity index is 740. The van der Waals surface area contributed by atoms with E-state index in [-0.39, 0.29) is 24.1 Å². The summed E-state index contributed by atoms with van der Waals surface area (Å²) in [6.07, 6.45) is 2.72. The summed E-state index contributed by atoms with van der Waals surface area (Å²) < 4.78 is 25.9. The molecule has 136 valence electrons. The van der Waals surface area contributed by atoms with Crippen molar-refractivity contribution in [2.24, 2.45) is 0 Å². The molecular weight excluding hydrogens is 342 g/mol. The van der Waals surface area contributed by atoms with E-state index in [4.69, 9.17) is 4.84 Å². The van der Waals surface area contributed by atoms with E-state index in [1.807, 2.05) is 30.3 Å². The lowest BCUT2D eigenvalue weighted by atomic mass is 10.1. The molecule has 3 aliphatic rings. The van der Waals surface area contributed by atoms with E-state index in [1.54, 1.807) is 9.21 Å². The van der Waals surface area contributed by atoms with Crippen molar-refractivity contribution in [3.05, 3.63) is 35.9 Å². The molecule has 0 spiro atoms. The van der Waals surface area contributed by atoms with Crippen LogP contribution in [-0.2, 0) is 14.9 Å². The summed E-state index contributed by atoms with van der Waals surface area (Å²) in [5.41, 5.74) is 0.965. The first kappa shape index (κ1) is 16.8. The van der Waals surface area contributed by atoms with Gasteiger partial charge in [0, 0.05) is 31.2 Å². The van der Waals surface area contributed by atoms with Gasteiger partial charge in [0.25, 0.3) is 0 Å². The maximum Gasteiger partial charge on any atom is 0.346 e. The van der Waals surface area contributed by atoms with Crippen LogP contribution in [0.25, 0.3) is 0 Å². The van der Waals surface area contributed by atoms with Gasteiger partial charge in [-0.1, -0.05) is 30.3 Å². The second kappa shape index (κ2) is 6.59. The fourth-order valence-corrected chi connectivity index (χ4v) is 5.61. The van der Waals surface area contributed by atoms with Crippen molar-refractivity contribution in [3.63, 3.8) is 0 Å². The monoisotopic (exact) mass is 365 g/mol. The standard InChI is InChI=1S/C17H23N3O4S/c21-17(20-16(24-20)14-6-2-1-3-7-14)18-10-4-8-15(9-12-18)19-11-5-13-25(19,22)23/h1-3,6-7,15-16H,4-5,8-13H2. The highest BCUT2D eigenvalue weighted by Crippen LogP contribution is 2.38. The van der Waals surface area contributed by atoms with Crippen molar-refractivity contribution in [1.29, 1.82) is 0 Å². The molecule has 0 aliphatic carbocycles. The van der Waals surface area contributed by atoms with E-state index in [9.17, 15) is 13.2 Å². The number of carbonyl (C=O) groups is 1. The average molecular weight is 365 g/mol. The van der Waals surface area contributed by atoms with Gasteiger partial charge in [-0.3, -0.25) is 0 Å². The number of sulfonamides is 1. The van der Waals surface area contributed by atoms with Gasteiger partial charge in [-0.25, -0.2) is 18.0 Å². The molecule has 1 aromatic rings. The summed E-state index contributed by atoms with van der Waals surface area (Å²) in [6, 6.07) is 9.55. The molecule has 7 nitrogen and oxygen atoms in total. The molecule has 0 bridgehead atoms. The number of benzene rings is 1. The fourth-order valence-electron chi connectivity index (χ4n) is 3.81. The van der Waals surface area contributed by atoms with Gasteiger partial charge in [-0.05, 0) is 25.7 Å². The van der Waals surface area contributed by atoms with Crippen LogP contribution in [-0.4, -0.2) is 60.1 Å². The van der Waals surface area contributed by atoms with Crippen molar-refractivity contribution in [3.8, 4) is 0 Å². The predicted octanol–water partition coefficient (Wildman–Crippen LogP) is 1.94. The second-order valence-corrected chi connectivity index (χ2v) is 8.87. The van der Waals surface area contributed by atoms with Crippen LogP contribution in [0.3, 0.4) is 0 Å². The summed E-state index contributed by atoms with van der Waals surface area (Å²) in [5, 5.41) is 1.41. The maximum absolute atomic E-state index is 12.6. The van der Waals surface area contributed by atoms with Gasteiger partial charge in [-0.15, -0.1) is 0 Å². The number of hydrogen-bond acceptors (Lipinski definition) is 4. The number of nitrogens with zero attached hydrogens (tertiary/aromatic N) is 3. The number of hydroxylamine groups is 2. The third-order valence-electron chi connectivity index (χ3n) is 5.17. The van der Waals surface area contributed by atoms with E-state index in [1.165, 1.54) is 5.06 Å². The van der Waals surface area contributed by atoms with Crippen molar-refractivity contribution in [2.75, 3.05) is 25.4 Å². The van der Waals surface area contributed by atoms with Crippen LogP contribution in [0.15, 0.2) is 30.3 Å². The first-order valence-electron chi connectivity index (χ1n) is 8.86. The van der Waals surface area contributed by atoms with Crippen LogP contribution < -0.4 is 0 Å². The summed E-state index contributed by atoms with van der Waals surface area (Å²) in [7, 11) is -3.09. The second-order valence-electron chi connectivity index (χ2n) is 6.83. The molecule has 4 rings (SSSR count). The van der Waals surface area contributed by atoms with Crippen molar-refractivity contribution < 1.29 is 18.0 Å². The largest absolute Gasteiger partial charge is 0.346 e. The number of carbonyl (C=O) groups excluding carboxylic acids is 1. The number of amides is 2. The van der Waals surface area contributed by atoms with Gasteiger partial charge in [0.15, 0.2) is 0 Å². The zero-order chi connectivity index (χ0) is 17.4. The minimum absolute atomic E-state index is 0.0188. The number of urea groups is 1. The topological polar surface area (TPSA) is 73.2 Å². The third kappa shape index (κ3) is 3.38. The summed E-state index contributed by atoms with van der Waals surface area (Å²) in [6.45, 7) is 1.83. The van der Waals surface area contributed by atoms with E-state index in [0.29, 0.717) is 32.5 Å². The molecule has 2 unspecified atom stereocenters. The molecule has 3 aliphatic heterocycles. The highest BCUT2D eigenvalue weighted by molar-refractivity contribution is 7.89. The zero-order valence-electron chi connectivity index (χ0n) is 14.1. The number of hydrogen-bond donors (Lipinski definition) is 0. The van der Waals surface area contributed by atoms with Gasteiger partial charge in [-0.2, -0.15) is 9.37 Å².